The summed E-state index contributed by atoms with van der Waals surface area (Å²) in [4.78, 5) is 18.2. The highest BCUT2D eigenvalue weighted by molar-refractivity contribution is 6.27. The molecule has 84 valence electrons. The van der Waals surface area contributed by atoms with Gasteiger partial charge in [-0.2, -0.15) is 0 Å². The molecule has 0 radical (unpaired) electrons. The fourth-order valence-electron chi connectivity index (χ4n) is 0.332. The summed E-state index contributed by atoms with van der Waals surface area (Å²) < 4.78 is 0. The van der Waals surface area contributed by atoms with Gasteiger partial charge < -0.3 is 15.3 Å². The molecule has 5 N–H and O–H groups in total. The van der Waals surface area contributed by atoms with Crippen molar-refractivity contribution < 1.29 is 24.9 Å². The summed E-state index contributed by atoms with van der Waals surface area (Å²) in [5.74, 6) is -3.65. The first kappa shape index (κ1) is 15.3. The molecule has 0 aliphatic heterocycles. The zero-order valence-electron chi connectivity index (χ0n) is 8.15. The smallest absolute Gasteiger partial charge is 0.414 e. The molecule has 0 amide bonds. The SMILES string of the molecule is CC(C)NNCCO.O=C(O)C(=O)O. The van der Waals surface area contributed by atoms with Crippen molar-refractivity contribution >= 4 is 11.9 Å². The van der Waals surface area contributed by atoms with Gasteiger partial charge in [0.15, 0.2) is 0 Å². The Kier molecular flexibility index (Phi) is 10.8. The van der Waals surface area contributed by atoms with Gasteiger partial charge in [-0.25, -0.2) is 9.59 Å². The van der Waals surface area contributed by atoms with Crippen LogP contribution in [0.15, 0.2) is 0 Å². The quantitative estimate of drug-likeness (QED) is 0.220. The molecule has 7 nitrogen and oxygen atoms in total. The third-order valence-electron chi connectivity index (χ3n) is 0.810. The van der Waals surface area contributed by atoms with Gasteiger partial charge in [0.2, 0.25) is 0 Å². The molecular weight excluding hydrogens is 192 g/mol. The minimum atomic E-state index is -1.82. The predicted octanol–water partition coefficient (Wildman–Crippen LogP) is -1.36. The second-order valence-corrected chi connectivity index (χ2v) is 2.56. The van der Waals surface area contributed by atoms with Crippen molar-refractivity contribution in [1.29, 1.82) is 0 Å². The molecule has 0 heterocycles. The van der Waals surface area contributed by atoms with E-state index in [1.165, 1.54) is 0 Å². The van der Waals surface area contributed by atoms with Crippen LogP contribution in [-0.2, 0) is 9.59 Å². The number of hydrogen-bond acceptors (Lipinski definition) is 5. The number of aliphatic carboxylic acids is 2. The van der Waals surface area contributed by atoms with Crippen LogP contribution in [0.25, 0.3) is 0 Å². The van der Waals surface area contributed by atoms with E-state index in [2.05, 4.69) is 10.9 Å². The number of nitrogens with one attached hydrogen (secondary N) is 2. The van der Waals surface area contributed by atoms with Gasteiger partial charge in [-0.3, -0.25) is 10.9 Å². The predicted molar refractivity (Wildman–Crippen MR) is 48.6 cm³/mol. The minimum absolute atomic E-state index is 0.180. The average molecular weight is 208 g/mol. The van der Waals surface area contributed by atoms with E-state index in [0.29, 0.717) is 12.6 Å². The topological polar surface area (TPSA) is 119 Å². The number of carbonyl (C=O) groups is 2. The van der Waals surface area contributed by atoms with Crippen molar-refractivity contribution in [2.45, 2.75) is 19.9 Å². The van der Waals surface area contributed by atoms with E-state index in [-0.39, 0.29) is 6.61 Å². The van der Waals surface area contributed by atoms with E-state index >= 15 is 0 Å². The summed E-state index contributed by atoms with van der Waals surface area (Å²) in [5.41, 5.74) is 5.77. The first-order chi connectivity index (χ1) is 6.41. The fourth-order valence-corrected chi connectivity index (χ4v) is 0.332. The largest absolute Gasteiger partial charge is 0.473 e. The van der Waals surface area contributed by atoms with Crippen LogP contribution < -0.4 is 10.9 Å². The Labute approximate surface area is 81.7 Å². The van der Waals surface area contributed by atoms with Crippen molar-refractivity contribution in [3.05, 3.63) is 0 Å². The van der Waals surface area contributed by atoms with Gasteiger partial charge >= 0.3 is 11.9 Å². The monoisotopic (exact) mass is 208 g/mol. The first-order valence-corrected chi connectivity index (χ1v) is 3.97. The molecule has 0 spiro atoms. The van der Waals surface area contributed by atoms with Crippen LogP contribution in [0, 0.1) is 0 Å². The highest BCUT2D eigenvalue weighted by Crippen LogP contribution is 1.68. The van der Waals surface area contributed by atoms with Crippen LogP contribution in [0.4, 0.5) is 0 Å². The number of carboxylic acids is 2. The van der Waals surface area contributed by atoms with Crippen molar-refractivity contribution in [2.75, 3.05) is 13.2 Å². The summed E-state index contributed by atoms with van der Waals surface area (Å²) in [6, 6.07) is 0.432. The summed E-state index contributed by atoms with van der Waals surface area (Å²) in [6.07, 6.45) is 0. The van der Waals surface area contributed by atoms with E-state index in [1.54, 1.807) is 0 Å². The van der Waals surface area contributed by atoms with Crippen LogP contribution in [-0.4, -0.2) is 46.5 Å². The summed E-state index contributed by atoms with van der Waals surface area (Å²) in [5, 5.41) is 23.1. The highest BCUT2D eigenvalue weighted by atomic mass is 16.4. The van der Waals surface area contributed by atoms with Crippen molar-refractivity contribution in [1.82, 2.24) is 10.9 Å². The van der Waals surface area contributed by atoms with Crippen molar-refractivity contribution in [3.8, 4) is 0 Å². The molecule has 0 unspecified atom stereocenters. The Hall–Kier alpha value is -1.18. The standard InChI is InChI=1S/C5H14N2O.C2H2O4/c1-5(2)7-6-3-4-8;3-1(4)2(5)6/h5-8H,3-4H2,1-2H3;(H,3,4)(H,5,6). The Balaban J connectivity index is 0. The lowest BCUT2D eigenvalue weighted by Crippen LogP contribution is -2.38. The Morgan fingerprint density at radius 2 is 1.64 bits per heavy atom. The lowest BCUT2D eigenvalue weighted by Gasteiger charge is -2.07. The van der Waals surface area contributed by atoms with Gasteiger partial charge in [-0.15, -0.1) is 0 Å². The van der Waals surface area contributed by atoms with E-state index in [9.17, 15) is 0 Å². The molecule has 0 aliphatic rings. The van der Waals surface area contributed by atoms with Gasteiger partial charge in [-0.05, 0) is 13.8 Å². The number of aliphatic hydroxyl groups is 1. The van der Waals surface area contributed by atoms with E-state index in [4.69, 9.17) is 24.9 Å². The number of hydrazine groups is 1. The van der Waals surface area contributed by atoms with Crippen LogP contribution in [0.2, 0.25) is 0 Å². The maximum absolute atomic E-state index is 9.10. The molecule has 0 aromatic rings. The minimum Gasteiger partial charge on any atom is -0.473 e. The van der Waals surface area contributed by atoms with Gasteiger partial charge in [0.05, 0.1) is 6.61 Å². The van der Waals surface area contributed by atoms with E-state index in [0.717, 1.165) is 0 Å². The summed E-state index contributed by atoms with van der Waals surface area (Å²) in [6.45, 7) is 4.85. The second kappa shape index (κ2) is 9.90. The Bertz CT molecular complexity index is 159. The average Bonchev–Trinajstić information content (AvgIpc) is 2.05. The molecule has 0 aliphatic carbocycles. The molecule has 0 rings (SSSR count). The molecular formula is C7H16N2O5. The van der Waals surface area contributed by atoms with Crippen LogP contribution >= 0.6 is 0 Å². The van der Waals surface area contributed by atoms with Gasteiger partial charge in [0.1, 0.15) is 0 Å². The molecule has 0 aromatic carbocycles. The number of rotatable bonds is 4. The van der Waals surface area contributed by atoms with Crippen molar-refractivity contribution in [3.63, 3.8) is 0 Å². The lowest BCUT2D eigenvalue weighted by atomic mass is 10.4. The molecule has 0 aromatic heterocycles. The molecule has 7 heteroatoms. The second-order valence-electron chi connectivity index (χ2n) is 2.56. The molecule has 14 heavy (non-hydrogen) atoms. The lowest BCUT2D eigenvalue weighted by molar-refractivity contribution is -0.159. The third-order valence-corrected chi connectivity index (χ3v) is 0.810. The summed E-state index contributed by atoms with van der Waals surface area (Å²) >= 11 is 0. The van der Waals surface area contributed by atoms with Crippen LogP contribution in [0.5, 0.6) is 0 Å². The first-order valence-electron chi connectivity index (χ1n) is 3.97. The van der Waals surface area contributed by atoms with Gasteiger partial charge in [0, 0.05) is 12.6 Å². The van der Waals surface area contributed by atoms with Crippen LogP contribution in [0.1, 0.15) is 13.8 Å². The fraction of sp³-hybridized carbons (Fsp3) is 0.714. The van der Waals surface area contributed by atoms with Crippen LogP contribution in [0.3, 0.4) is 0 Å². The molecule has 0 atom stereocenters. The molecule has 0 saturated heterocycles. The van der Waals surface area contributed by atoms with Crippen molar-refractivity contribution in [2.24, 2.45) is 0 Å². The zero-order chi connectivity index (χ0) is 11.6. The third kappa shape index (κ3) is 17.1. The summed E-state index contributed by atoms with van der Waals surface area (Å²) in [7, 11) is 0. The normalized spacial score (nSPS) is 9.14. The van der Waals surface area contributed by atoms with E-state index < -0.39 is 11.9 Å². The van der Waals surface area contributed by atoms with Gasteiger partial charge in [0.25, 0.3) is 0 Å². The molecule has 0 saturated carbocycles. The highest BCUT2D eigenvalue weighted by Gasteiger charge is 2.04. The number of hydrogen-bond donors (Lipinski definition) is 5. The Morgan fingerprint density at radius 3 is 1.86 bits per heavy atom. The number of carboxylic acid groups (broad SMARTS) is 2. The number of aliphatic hydroxyl groups excluding tert-OH is 1. The zero-order valence-corrected chi connectivity index (χ0v) is 8.15. The maximum Gasteiger partial charge on any atom is 0.414 e. The maximum atomic E-state index is 9.10. The molecule has 0 fully saturated rings. The van der Waals surface area contributed by atoms with E-state index in [1.807, 2.05) is 13.8 Å². The van der Waals surface area contributed by atoms with Gasteiger partial charge in [-0.1, -0.05) is 0 Å². The molecule has 0 bridgehead atoms. The Morgan fingerprint density at radius 1 is 1.21 bits per heavy atom.